The molecule has 1 aliphatic heterocycles. The molecule has 4 nitrogen and oxygen atoms in total. The average Bonchev–Trinajstić information content (AvgIpc) is 2.45. The molecule has 2 unspecified atom stereocenters. The van der Waals surface area contributed by atoms with Crippen molar-refractivity contribution in [3.05, 3.63) is 28.2 Å². The molecule has 1 aromatic rings. The quantitative estimate of drug-likeness (QED) is 0.566. The van der Waals surface area contributed by atoms with Gasteiger partial charge in [-0.1, -0.05) is 28.8 Å². The molecule has 2 aliphatic rings. The van der Waals surface area contributed by atoms with E-state index in [4.69, 9.17) is 11.1 Å². The number of amidine groups is 1. The third-order valence-electron chi connectivity index (χ3n) is 5.02. The number of nitrogens with zero attached hydrogens (tertiary/aromatic N) is 1. The SMILES string of the molecule is N=C(N)c1ccc(Br)cc1N1CCC2(O)CCCCC2C1. The number of halogens is 1. The summed E-state index contributed by atoms with van der Waals surface area (Å²) in [5.41, 5.74) is 7.03. The second kappa shape index (κ2) is 5.61. The Bertz CT molecular complexity index is 562. The molecule has 1 aromatic carbocycles. The lowest BCUT2D eigenvalue weighted by atomic mass is 9.71. The lowest BCUT2D eigenvalue weighted by Crippen LogP contribution is -2.53. The lowest BCUT2D eigenvalue weighted by molar-refractivity contribution is -0.0612. The summed E-state index contributed by atoms with van der Waals surface area (Å²) in [4.78, 5) is 2.28. The monoisotopic (exact) mass is 351 g/mol. The molecule has 114 valence electrons. The fourth-order valence-corrected chi connectivity index (χ4v) is 4.13. The molecule has 0 radical (unpaired) electrons. The second-order valence-electron chi connectivity index (χ2n) is 6.32. The first kappa shape index (κ1) is 14.9. The Labute approximate surface area is 134 Å². The van der Waals surface area contributed by atoms with Gasteiger partial charge in [-0.15, -0.1) is 0 Å². The zero-order valence-electron chi connectivity index (χ0n) is 12.1. The molecular weight excluding hydrogens is 330 g/mol. The smallest absolute Gasteiger partial charge is 0.124 e. The van der Waals surface area contributed by atoms with E-state index in [0.29, 0.717) is 5.92 Å². The Kier molecular flexibility index (Phi) is 3.97. The van der Waals surface area contributed by atoms with Crippen molar-refractivity contribution in [2.75, 3.05) is 18.0 Å². The van der Waals surface area contributed by atoms with E-state index in [1.54, 1.807) is 0 Å². The van der Waals surface area contributed by atoms with Gasteiger partial charge in [-0.2, -0.15) is 0 Å². The Morgan fingerprint density at radius 2 is 2.19 bits per heavy atom. The summed E-state index contributed by atoms with van der Waals surface area (Å²) in [5.74, 6) is 0.431. The molecule has 0 amide bonds. The number of aliphatic hydroxyl groups is 1. The zero-order chi connectivity index (χ0) is 15.0. The lowest BCUT2D eigenvalue weighted by Gasteiger charge is -2.48. The van der Waals surface area contributed by atoms with Gasteiger partial charge in [-0.25, -0.2) is 0 Å². The highest BCUT2D eigenvalue weighted by Crippen LogP contribution is 2.41. The standard InChI is InChI=1S/C16H22BrN3O/c17-12-4-5-13(15(18)19)14(9-12)20-8-7-16(21)6-2-1-3-11(16)10-20/h4-5,9,11,21H,1-3,6-8,10H2,(H3,18,19). The Morgan fingerprint density at radius 3 is 2.95 bits per heavy atom. The summed E-state index contributed by atoms with van der Waals surface area (Å²) in [7, 11) is 0. The van der Waals surface area contributed by atoms with Crippen LogP contribution in [-0.4, -0.2) is 29.6 Å². The van der Waals surface area contributed by atoms with Crippen LogP contribution < -0.4 is 10.6 Å². The van der Waals surface area contributed by atoms with Crippen LogP contribution in [0.15, 0.2) is 22.7 Å². The molecule has 0 spiro atoms. The molecule has 1 saturated heterocycles. The number of piperidine rings is 1. The summed E-state index contributed by atoms with van der Waals surface area (Å²) in [6.07, 6.45) is 5.18. The molecule has 21 heavy (non-hydrogen) atoms. The summed E-state index contributed by atoms with van der Waals surface area (Å²) in [5, 5.41) is 18.6. The van der Waals surface area contributed by atoms with Gasteiger partial charge >= 0.3 is 0 Å². The maximum absolute atomic E-state index is 10.8. The number of anilines is 1. The third kappa shape index (κ3) is 2.81. The van der Waals surface area contributed by atoms with E-state index in [1.807, 2.05) is 18.2 Å². The number of rotatable bonds is 2. The van der Waals surface area contributed by atoms with Crippen LogP contribution in [0.2, 0.25) is 0 Å². The van der Waals surface area contributed by atoms with E-state index >= 15 is 0 Å². The Hall–Kier alpha value is -1.07. The molecule has 0 bridgehead atoms. The minimum atomic E-state index is -0.475. The summed E-state index contributed by atoms with van der Waals surface area (Å²) in [6.45, 7) is 1.68. The fourth-order valence-electron chi connectivity index (χ4n) is 3.78. The second-order valence-corrected chi connectivity index (χ2v) is 7.23. The van der Waals surface area contributed by atoms with Gasteiger partial charge < -0.3 is 15.7 Å². The Morgan fingerprint density at radius 1 is 1.38 bits per heavy atom. The van der Waals surface area contributed by atoms with Crippen LogP contribution in [0.5, 0.6) is 0 Å². The van der Waals surface area contributed by atoms with Crippen LogP contribution in [0.3, 0.4) is 0 Å². The van der Waals surface area contributed by atoms with Crippen LogP contribution in [0, 0.1) is 11.3 Å². The zero-order valence-corrected chi connectivity index (χ0v) is 13.7. The van der Waals surface area contributed by atoms with Crippen molar-refractivity contribution in [3.63, 3.8) is 0 Å². The van der Waals surface area contributed by atoms with Crippen molar-refractivity contribution < 1.29 is 5.11 Å². The number of nitrogen functional groups attached to an aromatic ring is 1. The van der Waals surface area contributed by atoms with Gasteiger partial charge in [0.05, 0.1) is 5.60 Å². The van der Waals surface area contributed by atoms with Crippen molar-refractivity contribution in [1.29, 1.82) is 5.41 Å². The van der Waals surface area contributed by atoms with Crippen LogP contribution in [0.1, 0.15) is 37.7 Å². The number of hydrogen-bond donors (Lipinski definition) is 3. The van der Waals surface area contributed by atoms with Crippen molar-refractivity contribution in [2.45, 2.75) is 37.7 Å². The van der Waals surface area contributed by atoms with E-state index in [0.717, 1.165) is 54.5 Å². The van der Waals surface area contributed by atoms with Crippen LogP contribution in [-0.2, 0) is 0 Å². The van der Waals surface area contributed by atoms with Crippen LogP contribution in [0.4, 0.5) is 5.69 Å². The first-order valence-corrected chi connectivity index (χ1v) is 8.40. The largest absolute Gasteiger partial charge is 0.389 e. The maximum Gasteiger partial charge on any atom is 0.124 e. The van der Waals surface area contributed by atoms with Crippen LogP contribution in [0.25, 0.3) is 0 Å². The van der Waals surface area contributed by atoms with Gasteiger partial charge in [0.1, 0.15) is 5.84 Å². The van der Waals surface area contributed by atoms with E-state index in [1.165, 1.54) is 6.42 Å². The van der Waals surface area contributed by atoms with Gasteiger partial charge in [0.2, 0.25) is 0 Å². The van der Waals surface area contributed by atoms with Crippen LogP contribution >= 0.6 is 15.9 Å². The van der Waals surface area contributed by atoms with E-state index in [2.05, 4.69) is 20.8 Å². The molecule has 3 rings (SSSR count). The van der Waals surface area contributed by atoms with E-state index in [9.17, 15) is 5.11 Å². The number of nitrogens with one attached hydrogen (secondary N) is 1. The van der Waals surface area contributed by atoms with E-state index in [-0.39, 0.29) is 5.84 Å². The van der Waals surface area contributed by atoms with Crippen molar-refractivity contribution in [1.82, 2.24) is 0 Å². The molecule has 2 fully saturated rings. The highest BCUT2D eigenvalue weighted by atomic mass is 79.9. The van der Waals surface area contributed by atoms with Crippen molar-refractivity contribution in [2.24, 2.45) is 11.7 Å². The van der Waals surface area contributed by atoms with E-state index < -0.39 is 5.60 Å². The normalized spacial score (nSPS) is 29.0. The van der Waals surface area contributed by atoms with Crippen molar-refractivity contribution >= 4 is 27.5 Å². The molecule has 1 aliphatic carbocycles. The van der Waals surface area contributed by atoms with Crippen molar-refractivity contribution in [3.8, 4) is 0 Å². The predicted octanol–water partition coefficient (Wildman–Crippen LogP) is 2.86. The fraction of sp³-hybridized carbons (Fsp3) is 0.562. The highest BCUT2D eigenvalue weighted by molar-refractivity contribution is 9.10. The molecule has 0 aromatic heterocycles. The molecule has 2 atom stereocenters. The third-order valence-corrected chi connectivity index (χ3v) is 5.51. The maximum atomic E-state index is 10.8. The summed E-state index contributed by atoms with van der Waals surface area (Å²) < 4.78 is 0.993. The van der Waals surface area contributed by atoms with Gasteiger partial charge in [-0.05, 0) is 37.5 Å². The first-order chi connectivity index (χ1) is 9.99. The van der Waals surface area contributed by atoms with Gasteiger partial charge in [0.25, 0.3) is 0 Å². The van der Waals surface area contributed by atoms with Gasteiger partial charge in [-0.3, -0.25) is 5.41 Å². The number of nitrogens with two attached hydrogens (primary N) is 1. The predicted molar refractivity (Wildman–Crippen MR) is 88.9 cm³/mol. The molecule has 1 heterocycles. The molecule has 4 N–H and O–H groups in total. The summed E-state index contributed by atoms with van der Waals surface area (Å²) in [6, 6.07) is 5.84. The minimum absolute atomic E-state index is 0.0991. The van der Waals surface area contributed by atoms with Gasteiger partial charge in [0.15, 0.2) is 0 Å². The topological polar surface area (TPSA) is 73.3 Å². The number of fused-ring (bicyclic) bond motifs is 1. The minimum Gasteiger partial charge on any atom is -0.389 e. The first-order valence-electron chi connectivity index (χ1n) is 7.61. The Balaban J connectivity index is 1.88. The highest BCUT2D eigenvalue weighted by Gasteiger charge is 2.43. The number of benzene rings is 1. The molecule has 5 heteroatoms. The molecular formula is C16H22BrN3O. The summed E-state index contributed by atoms with van der Waals surface area (Å²) >= 11 is 3.50. The molecule has 1 saturated carbocycles. The van der Waals surface area contributed by atoms with Gasteiger partial charge in [0, 0.05) is 34.7 Å². The number of hydrogen-bond acceptors (Lipinski definition) is 3. The average molecular weight is 352 g/mol.